The summed E-state index contributed by atoms with van der Waals surface area (Å²) in [6, 6.07) is 0. The van der Waals surface area contributed by atoms with E-state index in [1.807, 2.05) is 0 Å². The second-order valence-corrected chi connectivity index (χ2v) is 2.61. The molecule has 0 spiro atoms. The molecule has 11 heteroatoms. The second-order valence-electron chi connectivity index (χ2n) is 2.61. The van der Waals surface area contributed by atoms with Gasteiger partial charge in [-0.25, -0.2) is 35.9 Å². The third-order valence-electron chi connectivity index (χ3n) is 1.57. The molecule has 1 saturated heterocycles. The molecule has 0 amide bonds. The lowest BCUT2D eigenvalue weighted by atomic mass is 9.55. The normalized spacial score (nSPS) is 21.2. The summed E-state index contributed by atoms with van der Waals surface area (Å²) in [5, 5.41) is 0. The zero-order valence-electron chi connectivity index (χ0n) is 6.48. The zero-order chi connectivity index (χ0) is 12.1. The van der Waals surface area contributed by atoms with Crippen LogP contribution in [0.3, 0.4) is 0 Å². The molecule has 0 aromatic rings. The predicted octanol–water partition coefficient (Wildman–Crippen LogP) is 0.732. The highest BCUT2D eigenvalue weighted by atomic mass is 19.4. The van der Waals surface area contributed by atoms with E-state index in [1.165, 1.54) is 0 Å². The van der Waals surface area contributed by atoms with Gasteiger partial charge in [-0.2, -0.15) is 0 Å². The maximum absolute atomic E-state index is 12.0. The Labute approximate surface area is 77.1 Å². The minimum absolute atomic E-state index is 2.32. The number of halogens is 6. The molecule has 0 aromatic heterocycles. The van der Waals surface area contributed by atoms with Crippen LogP contribution in [-0.4, -0.2) is 30.6 Å². The quantitative estimate of drug-likeness (QED) is 0.354. The van der Waals surface area contributed by atoms with Gasteiger partial charge in [0.2, 0.25) is 0 Å². The first-order chi connectivity index (χ1) is 6.51. The van der Waals surface area contributed by atoms with Crippen LogP contribution < -0.4 is 0 Å². The number of rotatable bonds is 0. The molecule has 0 radical (unpaired) electrons. The van der Waals surface area contributed by atoms with Gasteiger partial charge >= 0.3 is 30.6 Å². The Kier molecular flexibility index (Phi) is 2.17. The Morgan fingerprint density at radius 1 is 0.800 bits per heavy atom. The van der Waals surface area contributed by atoms with Crippen molar-refractivity contribution < 1.29 is 45.2 Å². The van der Waals surface area contributed by atoms with Crippen molar-refractivity contribution in [2.45, 2.75) is 12.2 Å². The molecule has 1 aliphatic heterocycles. The van der Waals surface area contributed by atoms with Crippen molar-refractivity contribution in [3.63, 3.8) is 0 Å². The Morgan fingerprint density at radius 3 is 1.20 bits per heavy atom. The molecule has 1 heterocycles. The summed E-state index contributed by atoms with van der Waals surface area (Å²) in [4.78, 5) is 20.4. The molecule has 0 unspecified atom stereocenters. The first-order valence-corrected chi connectivity index (χ1v) is 3.25. The molecule has 0 saturated carbocycles. The standard InChI is InChI=1S/C4BF6O4/c6-3(7,8)5(4(9,10)11)14-1(12)2(13)15-5/q-1. The van der Waals surface area contributed by atoms with Crippen molar-refractivity contribution in [2.75, 3.05) is 0 Å². The maximum atomic E-state index is 12.0. The summed E-state index contributed by atoms with van der Waals surface area (Å²) in [6.07, 6.45) is -12.1. The molecule has 4 nitrogen and oxygen atoms in total. The topological polar surface area (TPSA) is 52.6 Å². The monoisotopic (exact) mass is 237 g/mol. The van der Waals surface area contributed by atoms with Crippen molar-refractivity contribution in [3.05, 3.63) is 0 Å². The highest BCUT2D eigenvalue weighted by Crippen LogP contribution is 2.44. The molecule has 15 heavy (non-hydrogen) atoms. The lowest BCUT2D eigenvalue weighted by Crippen LogP contribution is -2.64. The van der Waals surface area contributed by atoms with E-state index in [-0.39, 0.29) is 0 Å². The second kappa shape index (κ2) is 2.79. The third-order valence-corrected chi connectivity index (χ3v) is 1.57. The van der Waals surface area contributed by atoms with E-state index < -0.39 is 30.6 Å². The van der Waals surface area contributed by atoms with Gasteiger partial charge in [0.05, 0.1) is 0 Å². The van der Waals surface area contributed by atoms with E-state index in [4.69, 9.17) is 0 Å². The van der Waals surface area contributed by atoms with Crippen LogP contribution in [0, 0.1) is 0 Å². The van der Waals surface area contributed by atoms with E-state index >= 15 is 0 Å². The average Bonchev–Trinajstić information content (AvgIpc) is 2.26. The van der Waals surface area contributed by atoms with Crippen LogP contribution in [0.25, 0.3) is 0 Å². The van der Waals surface area contributed by atoms with Gasteiger partial charge in [0, 0.05) is 0 Å². The molecule has 1 rings (SSSR count). The van der Waals surface area contributed by atoms with Crippen LogP contribution in [-0.2, 0) is 18.9 Å². The average molecular weight is 237 g/mol. The van der Waals surface area contributed by atoms with Gasteiger partial charge < -0.3 is 9.31 Å². The zero-order valence-corrected chi connectivity index (χ0v) is 6.48. The molecule has 1 aliphatic rings. The molecular weight excluding hydrogens is 237 g/mol. The van der Waals surface area contributed by atoms with Crippen molar-refractivity contribution in [1.82, 2.24) is 0 Å². The number of hydrogen-bond acceptors (Lipinski definition) is 4. The minimum Gasteiger partial charge on any atom is -0.638 e. The van der Waals surface area contributed by atoms with Crippen LogP contribution in [0.5, 0.6) is 0 Å². The Hall–Kier alpha value is -1.42. The van der Waals surface area contributed by atoms with Gasteiger partial charge in [0.1, 0.15) is 0 Å². The molecule has 0 aliphatic carbocycles. The molecule has 86 valence electrons. The Balaban J connectivity index is 3.24. The van der Waals surface area contributed by atoms with Crippen molar-refractivity contribution >= 4 is 18.5 Å². The fourth-order valence-corrected chi connectivity index (χ4v) is 0.875. The van der Waals surface area contributed by atoms with Crippen LogP contribution in [0.1, 0.15) is 0 Å². The lowest BCUT2D eigenvalue weighted by Gasteiger charge is -2.36. The van der Waals surface area contributed by atoms with E-state index in [1.54, 1.807) is 0 Å². The fourth-order valence-electron chi connectivity index (χ4n) is 0.875. The minimum atomic E-state index is -6.03. The predicted molar refractivity (Wildman–Crippen MR) is 30.0 cm³/mol. The number of carbonyl (C=O) groups is 2. The van der Waals surface area contributed by atoms with Gasteiger partial charge in [-0.1, -0.05) is 0 Å². The van der Waals surface area contributed by atoms with Gasteiger partial charge in [-0.3, -0.25) is 0 Å². The number of alkyl halides is 6. The molecule has 0 N–H and O–H groups in total. The summed E-state index contributed by atoms with van der Waals surface area (Å²) in [7, 11) is 0. The number of hydrogen-bond donors (Lipinski definition) is 0. The van der Waals surface area contributed by atoms with E-state index in [0.717, 1.165) is 0 Å². The Morgan fingerprint density at radius 2 is 1.07 bits per heavy atom. The molecule has 0 bridgehead atoms. The Bertz CT molecular complexity index is 286. The van der Waals surface area contributed by atoms with Crippen LogP contribution in [0.4, 0.5) is 26.3 Å². The smallest absolute Gasteiger partial charge is 0.559 e. The van der Waals surface area contributed by atoms with E-state index in [9.17, 15) is 35.9 Å². The summed E-state index contributed by atoms with van der Waals surface area (Å²) in [5.41, 5.74) is 0. The third kappa shape index (κ3) is 1.51. The van der Waals surface area contributed by atoms with Crippen LogP contribution in [0.15, 0.2) is 0 Å². The highest BCUT2D eigenvalue weighted by molar-refractivity contribution is 6.79. The van der Waals surface area contributed by atoms with Crippen molar-refractivity contribution in [2.24, 2.45) is 0 Å². The van der Waals surface area contributed by atoms with Gasteiger partial charge in [-0.05, 0) is 0 Å². The SMILES string of the molecule is O=C1O[B-](C(F)(F)F)(C(F)(F)F)OC1=O. The molecule has 1 fully saturated rings. The first-order valence-electron chi connectivity index (χ1n) is 3.25. The summed E-state index contributed by atoms with van der Waals surface area (Å²) in [6.45, 7) is -5.94. The lowest BCUT2D eigenvalue weighted by molar-refractivity contribution is -0.162. The maximum Gasteiger partial charge on any atom is 0.559 e. The van der Waals surface area contributed by atoms with Crippen molar-refractivity contribution in [1.29, 1.82) is 0 Å². The van der Waals surface area contributed by atoms with Gasteiger partial charge in [-0.15, -0.1) is 0 Å². The fraction of sp³-hybridized carbons (Fsp3) is 0.500. The molecule has 0 atom stereocenters. The summed E-state index contributed by atoms with van der Waals surface area (Å²) >= 11 is 0. The van der Waals surface area contributed by atoms with Crippen LogP contribution >= 0.6 is 0 Å². The summed E-state index contributed by atoms with van der Waals surface area (Å²) in [5.74, 6) is -4.63. The number of carbonyl (C=O) groups excluding carboxylic acids is 2. The first kappa shape index (κ1) is 11.7. The van der Waals surface area contributed by atoms with Gasteiger partial charge in [0.15, 0.2) is 0 Å². The molecule has 0 aromatic carbocycles. The molecular formula is C4BF6O4-. The van der Waals surface area contributed by atoms with E-state index in [0.29, 0.717) is 0 Å². The largest absolute Gasteiger partial charge is 0.638 e. The summed E-state index contributed by atoms with van der Waals surface area (Å²) < 4.78 is 78.1. The van der Waals surface area contributed by atoms with E-state index in [2.05, 4.69) is 9.31 Å². The highest BCUT2D eigenvalue weighted by Gasteiger charge is 2.77. The van der Waals surface area contributed by atoms with Gasteiger partial charge in [0.25, 0.3) is 0 Å². The van der Waals surface area contributed by atoms with Crippen molar-refractivity contribution in [3.8, 4) is 0 Å². The van der Waals surface area contributed by atoms with Crippen LogP contribution in [0.2, 0.25) is 0 Å².